The first-order chi connectivity index (χ1) is 20.6. The molecule has 7 nitrogen and oxygen atoms in total. The van der Waals surface area contributed by atoms with Crippen molar-refractivity contribution in [3.05, 3.63) is 94.0 Å². The third kappa shape index (κ3) is 8.52. The van der Waals surface area contributed by atoms with Gasteiger partial charge in [-0.2, -0.15) is 0 Å². The van der Waals surface area contributed by atoms with E-state index >= 15 is 0 Å². The molecule has 0 spiro atoms. The maximum Gasteiger partial charge on any atom is 0.264 e. The van der Waals surface area contributed by atoms with Crippen LogP contribution in [0.5, 0.6) is 0 Å². The van der Waals surface area contributed by atoms with Crippen molar-refractivity contribution in [2.75, 3.05) is 17.4 Å². The molecule has 1 atom stereocenters. The fourth-order valence-corrected chi connectivity index (χ4v) is 7.33. The van der Waals surface area contributed by atoms with Crippen LogP contribution in [0, 0.1) is 6.92 Å². The molecule has 230 valence electrons. The van der Waals surface area contributed by atoms with Gasteiger partial charge in [-0.1, -0.05) is 97.4 Å². The Morgan fingerprint density at radius 1 is 0.953 bits per heavy atom. The van der Waals surface area contributed by atoms with E-state index in [2.05, 4.69) is 5.32 Å². The van der Waals surface area contributed by atoms with Gasteiger partial charge in [0, 0.05) is 17.6 Å². The number of nitrogens with one attached hydrogen (secondary N) is 1. The van der Waals surface area contributed by atoms with E-state index in [0.29, 0.717) is 12.8 Å². The van der Waals surface area contributed by atoms with Crippen LogP contribution < -0.4 is 9.62 Å². The van der Waals surface area contributed by atoms with E-state index in [9.17, 15) is 18.0 Å². The minimum Gasteiger partial charge on any atom is -0.352 e. The highest BCUT2D eigenvalue weighted by molar-refractivity contribution is 7.92. The molecule has 0 aliphatic heterocycles. The van der Waals surface area contributed by atoms with Crippen LogP contribution in [0.15, 0.2) is 77.7 Å². The highest BCUT2D eigenvalue weighted by atomic mass is 35.5. The van der Waals surface area contributed by atoms with Crippen molar-refractivity contribution in [2.45, 2.75) is 75.8 Å². The quantitative estimate of drug-likeness (QED) is 0.235. The predicted molar refractivity (Wildman–Crippen MR) is 173 cm³/mol. The van der Waals surface area contributed by atoms with Gasteiger partial charge in [-0.15, -0.1) is 0 Å². The molecule has 0 bridgehead atoms. The number of hydrogen-bond acceptors (Lipinski definition) is 4. The average Bonchev–Trinajstić information content (AvgIpc) is 3.00. The predicted octanol–water partition coefficient (Wildman–Crippen LogP) is 6.80. The van der Waals surface area contributed by atoms with E-state index in [1.165, 1.54) is 29.2 Å². The van der Waals surface area contributed by atoms with Crippen LogP contribution in [0.2, 0.25) is 10.0 Å². The van der Waals surface area contributed by atoms with Crippen molar-refractivity contribution in [1.29, 1.82) is 0 Å². The van der Waals surface area contributed by atoms with Gasteiger partial charge >= 0.3 is 0 Å². The molecule has 1 aliphatic rings. The Balaban J connectivity index is 1.70. The number of hydrogen-bond donors (Lipinski definition) is 1. The third-order valence-electron chi connectivity index (χ3n) is 7.89. The Kier molecular flexibility index (Phi) is 11.5. The lowest BCUT2D eigenvalue weighted by Gasteiger charge is -2.34. The molecule has 1 aliphatic carbocycles. The Bertz CT molecular complexity index is 1490. The zero-order valence-corrected chi connectivity index (χ0v) is 27.0. The number of rotatable bonds is 12. The molecule has 43 heavy (non-hydrogen) atoms. The number of amides is 2. The number of aryl methyl sites for hydroxylation is 1. The minimum atomic E-state index is -4.24. The van der Waals surface area contributed by atoms with E-state index in [4.69, 9.17) is 23.2 Å². The van der Waals surface area contributed by atoms with Gasteiger partial charge in [0.2, 0.25) is 11.8 Å². The second kappa shape index (κ2) is 15.1. The molecular weight excluding hydrogens is 605 g/mol. The highest BCUT2D eigenvalue weighted by Gasteiger charge is 2.35. The van der Waals surface area contributed by atoms with Gasteiger partial charge < -0.3 is 10.2 Å². The summed E-state index contributed by atoms with van der Waals surface area (Å²) in [6.07, 6.45) is 5.98. The smallest absolute Gasteiger partial charge is 0.264 e. The summed E-state index contributed by atoms with van der Waals surface area (Å²) in [5.74, 6) is -0.724. The average molecular weight is 645 g/mol. The molecule has 3 aromatic carbocycles. The van der Waals surface area contributed by atoms with Crippen molar-refractivity contribution >= 4 is 50.7 Å². The fraction of sp³-hybridized carbons (Fsp3) is 0.394. The fourth-order valence-electron chi connectivity index (χ4n) is 5.47. The molecule has 10 heteroatoms. The van der Waals surface area contributed by atoms with Gasteiger partial charge in [0.15, 0.2) is 0 Å². The van der Waals surface area contributed by atoms with Gasteiger partial charge in [-0.05, 0) is 68.5 Å². The van der Waals surface area contributed by atoms with E-state index < -0.39 is 28.5 Å². The standard InChI is InChI=1S/C33H39Cl2N3O4S/c1-3-30(33(40)36-27-12-8-5-9-13-27)37(21-20-25-10-6-4-7-11-25)32(39)23-38(31-22-26(34)16-19-29(31)35)43(41,42)28-17-14-24(2)15-18-28/h4,6-7,10-11,14-19,22,27,30H,3,5,8-9,12-13,20-21,23H2,1-2H3,(H,36,40)/t30-/m0/s1. The second-order valence-corrected chi connectivity index (χ2v) is 13.7. The topological polar surface area (TPSA) is 86.8 Å². The Morgan fingerprint density at radius 3 is 2.28 bits per heavy atom. The van der Waals surface area contributed by atoms with Gasteiger partial charge in [0.1, 0.15) is 12.6 Å². The number of carbonyl (C=O) groups is 2. The zero-order chi connectivity index (χ0) is 31.0. The summed E-state index contributed by atoms with van der Waals surface area (Å²) in [5.41, 5.74) is 1.99. The molecule has 0 unspecified atom stereocenters. The van der Waals surface area contributed by atoms with Gasteiger partial charge in [0.25, 0.3) is 10.0 Å². The molecule has 0 saturated heterocycles. The third-order valence-corrected chi connectivity index (χ3v) is 10.2. The number of carbonyl (C=O) groups excluding carboxylic acids is 2. The molecule has 1 N–H and O–H groups in total. The Hall–Kier alpha value is -3.07. The summed E-state index contributed by atoms with van der Waals surface area (Å²) < 4.78 is 29.1. The Labute approximate surface area is 265 Å². The summed E-state index contributed by atoms with van der Waals surface area (Å²) in [7, 11) is -4.24. The van der Waals surface area contributed by atoms with Crippen LogP contribution in [0.1, 0.15) is 56.6 Å². The van der Waals surface area contributed by atoms with Crippen LogP contribution in [0.4, 0.5) is 5.69 Å². The first kappa shape index (κ1) is 32.8. The van der Waals surface area contributed by atoms with Crippen LogP contribution in [-0.4, -0.2) is 50.3 Å². The van der Waals surface area contributed by atoms with Gasteiger partial charge in [-0.3, -0.25) is 13.9 Å². The normalized spacial score (nSPS) is 14.6. The summed E-state index contributed by atoms with van der Waals surface area (Å²) in [5, 5.41) is 3.57. The molecule has 0 radical (unpaired) electrons. The Morgan fingerprint density at radius 2 is 1.63 bits per heavy atom. The van der Waals surface area contributed by atoms with Crippen molar-refractivity contribution in [3.8, 4) is 0 Å². The first-order valence-electron chi connectivity index (χ1n) is 14.8. The van der Waals surface area contributed by atoms with Crippen molar-refractivity contribution in [1.82, 2.24) is 10.2 Å². The summed E-state index contributed by atoms with van der Waals surface area (Å²) >= 11 is 12.8. The van der Waals surface area contributed by atoms with E-state index in [1.54, 1.807) is 18.2 Å². The molecule has 1 saturated carbocycles. The number of benzene rings is 3. The largest absolute Gasteiger partial charge is 0.352 e. The maximum atomic E-state index is 14.2. The molecule has 3 aromatic rings. The van der Waals surface area contributed by atoms with E-state index in [0.717, 1.165) is 47.5 Å². The van der Waals surface area contributed by atoms with Crippen LogP contribution in [0.3, 0.4) is 0 Å². The SMILES string of the molecule is CC[C@@H](C(=O)NC1CCCCC1)N(CCc1ccccc1)C(=O)CN(c1cc(Cl)ccc1Cl)S(=O)(=O)c1ccc(C)cc1. The lowest BCUT2D eigenvalue weighted by atomic mass is 9.95. The summed E-state index contributed by atoms with van der Waals surface area (Å²) in [4.78, 5) is 29.4. The summed E-state index contributed by atoms with van der Waals surface area (Å²) in [6, 6.07) is 19.9. The van der Waals surface area contributed by atoms with Gasteiger partial charge in [0.05, 0.1) is 15.6 Å². The lowest BCUT2D eigenvalue weighted by Crippen LogP contribution is -2.54. The molecule has 2 amide bonds. The van der Waals surface area contributed by atoms with Crippen molar-refractivity contribution < 1.29 is 18.0 Å². The minimum absolute atomic E-state index is 0.0138. The van der Waals surface area contributed by atoms with Crippen molar-refractivity contribution in [3.63, 3.8) is 0 Å². The summed E-state index contributed by atoms with van der Waals surface area (Å²) in [6.45, 7) is 3.40. The number of nitrogens with zero attached hydrogens (tertiary/aromatic N) is 2. The van der Waals surface area contributed by atoms with Crippen LogP contribution in [0.25, 0.3) is 0 Å². The molecule has 0 aromatic heterocycles. The van der Waals surface area contributed by atoms with E-state index in [-0.39, 0.29) is 39.1 Å². The monoisotopic (exact) mass is 643 g/mol. The van der Waals surface area contributed by atoms with Crippen molar-refractivity contribution in [2.24, 2.45) is 0 Å². The molecule has 0 heterocycles. The molecule has 4 rings (SSSR count). The second-order valence-electron chi connectivity index (χ2n) is 11.0. The first-order valence-corrected chi connectivity index (χ1v) is 17.0. The molecular formula is C33H39Cl2N3O4S. The maximum absolute atomic E-state index is 14.2. The van der Waals surface area contributed by atoms with Crippen LogP contribution >= 0.6 is 23.2 Å². The number of sulfonamides is 1. The van der Waals surface area contributed by atoms with E-state index in [1.807, 2.05) is 44.2 Å². The van der Waals surface area contributed by atoms with Crippen LogP contribution in [-0.2, 0) is 26.0 Å². The number of anilines is 1. The molecule has 1 fully saturated rings. The highest BCUT2D eigenvalue weighted by Crippen LogP contribution is 2.33. The lowest BCUT2D eigenvalue weighted by molar-refractivity contribution is -0.140. The zero-order valence-electron chi connectivity index (χ0n) is 24.6. The number of halogens is 2. The van der Waals surface area contributed by atoms with Gasteiger partial charge in [-0.25, -0.2) is 8.42 Å².